The minimum atomic E-state index is -0.835. The van der Waals surface area contributed by atoms with Gasteiger partial charge in [0, 0.05) is 19.3 Å². The Labute approximate surface area is 143 Å². The predicted molar refractivity (Wildman–Crippen MR) is 88.5 cm³/mol. The standard InChI is InChI=1S/C15H19N5O3S/c1-9-10(5-7-23-9)11-17-18-14(19(11)4)24-8-6-20-12(21)15(2,3)16-13(20)22/h5,7H,6,8H2,1-4H3,(H,16,22). The number of thioether (sulfide) groups is 1. The average Bonchev–Trinajstić information content (AvgIpc) is 3.13. The lowest BCUT2D eigenvalue weighted by Gasteiger charge is -2.15. The van der Waals surface area contributed by atoms with Gasteiger partial charge in [0.25, 0.3) is 5.91 Å². The summed E-state index contributed by atoms with van der Waals surface area (Å²) in [5.41, 5.74) is 0.0612. The highest BCUT2D eigenvalue weighted by Crippen LogP contribution is 2.26. The number of urea groups is 1. The smallest absolute Gasteiger partial charge is 0.325 e. The predicted octanol–water partition coefficient (Wildman–Crippen LogP) is 1.81. The van der Waals surface area contributed by atoms with Gasteiger partial charge in [-0.05, 0) is 26.8 Å². The number of imide groups is 1. The van der Waals surface area contributed by atoms with E-state index in [0.29, 0.717) is 12.3 Å². The molecule has 0 aromatic carbocycles. The number of amides is 3. The number of furan rings is 1. The molecule has 1 fully saturated rings. The van der Waals surface area contributed by atoms with Crippen molar-refractivity contribution in [2.24, 2.45) is 7.05 Å². The van der Waals surface area contributed by atoms with Crippen LogP contribution < -0.4 is 5.32 Å². The van der Waals surface area contributed by atoms with E-state index in [1.54, 1.807) is 20.1 Å². The topological polar surface area (TPSA) is 93.3 Å². The second kappa shape index (κ2) is 5.97. The van der Waals surface area contributed by atoms with Crippen LogP contribution in [-0.2, 0) is 11.8 Å². The summed E-state index contributed by atoms with van der Waals surface area (Å²) >= 11 is 1.45. The Morgan fingerprint density at radius 1 is 1.33 bits per heavy atom. The van der Waals surface area contributed by atoms with Gasteiger partial charge in [-0.2, -0.15) is 0 Å². The Hall–Kier alpha value is -2.29. The number of hydrogen-bond donors (Lipinski definition) is 1. The number of rotatable bonds is 5. The molecule has 0 saturated carbocycles. The Balaban J connectivity index is 1.64. The zero-order chi connectivity index (χ0) is 17.5. The molecular weight excluding hydrogens is 330 g/mol. The summed E-state index contributed by atoms with van der Waals surface area (Å²) in [6.07, 6.45) is 1.62. The maximum atomic E-state index is 12.1. The summed E-state index contributed by atoms with van der Waals surface area (Å²) in [6.45, 7) is 5.59. The van der Waals surface area contributed by atoms with Crippen LogP contribution in [0.2, 0.25) is 0 Å². The molecule has 9 heteroatoms. The third-order valence-corrected chi connectivity index (χ3v) is 4.93. The van der Waals surface area contributed by atoms with E-state index >= 15 is 0 Å². The van der Waals surface area contributed by atoms with Crippen molar-refractivity contribution >= 4 is 23.7 Å². The van der Waals surface area contributed by atoms with Crippen LogP contribution in [0.3, 0.4) is 0 Å². The van der Waals surface area contributed by atoms with Crippen molar-refractivity contribution in [3.05, 3.63) is 18.1 Å². The SMILES string of the molecule is Cc1occc1-c1nnc(SCCN2C(=O)NC(C)(C)C2=O)n1C. The Bertz CT molecular complexity index is 795. The maximum absolute atomic E-state index is 12.1. The molecule has 1 N–H and O–H groups in total. The molecule has 3 rings (SSSR count). The second-order valence-electron chi connectivity index (χ2n) is 6.12. The fourth-order valence-corrected chi connectivity index (χ4v) is 3.38. The monoisotopic (exact) mass is 349 g/mol. The second-order valence-corrected chi connectivity index (χ2v) is 7.18. The molecule has 0 radical (unpaired) electrons. The normalized spacial score (nSPS) is 16.8. The number of carbonyl (C=O) groups excluding carboxylic acids is 2. The molecule has 2 aromatic heterocycles. The fourth-order valence-electron chi connectivity index (χ4n) is 2.54. The summed E-state index contributed by atoms with van der Waals surface area (Å²) in [5, 5.41) is 11.8. The molecule has 24 heavy (non-hydrogen) atoms. The van der Waals surface area contributed by atoms with Gasteiger partial charge in [0.2, 0.25) is 0 Å². The van der Waals surface area contributed by atoms with Crippen LogP contribution in [0.4, 0.5) is 4.79 Å². The number of carbonyl (C=O) groups is 2. The van der Waals surface area contributed by atoms with Crippen LogP contribution in [0, 0.1) is 6.92 Å². The van der Waals surface area contributed by atoms with Crippen LogP contribution >= 0.6 is 11.8 Å². The largest absolute Gasteiger partial charge is 0.469 e. The molecule has 0 bridgehead atoms. The van der Waals surface area contributed by atoms with E-state index in [1.807, 2.05) is 24.6 Å². The Morgan fingerprint density at radius 2 is 2.08 bits per heavy atom. The van der Waals surface area contributed by atoms with E-state index < -0.39 is 5.54 Å². The van der Waals surface area contributed by atoms with E-state index in [-0.39, 0.29) is 11.9 Å². The third kappa shape index (κ3) is 2.79. The lowest BCUT2D eigenvalue weighted by Crippen LogP contribution is -2.40. The third-order valence-electron chi connectivity index (χ3n) is 3.93. The van der Waals surface area contributed by atoms with Crippen LogP contribution in [0.15, 0.2) is 21.9 Å². The molecule has 8 nitrogen and oxygen atoms in total. The van der Waals surface area contributed by atoms with Crippen LogP contribution in [0.5, 0.6) is 0 Å². The highest BCUT2D eigenvalue weighted by atomic mass is 32.2. The lowest BCUT2D eigenvalue weighted by atomic mass is 10.1. The van der Waals surface area contributed by atoms with Crippen LogP contribution in [-0.4, -0.2) is 49.4 Å². The quantitative estimate of drug-likeness (QED) is 0.653. The Morgan fingerprint density at radius 3 is 2.67 bits per heavy atom. The van der Waals surface area contributed by atoms with Gasteiger partial charge in [0.15, 0.2) is 11.0 Å². The van der Waals surface area contributed by atoms with Gasteiger partial charge in [0.05, 0.1) is 11.8 Å². The minimum absolute atomic E-state index is 0.208. The van der Waals surface area contributed by atoms with E-state index in [0.717, 1.165) is 22.3 Å². The molecule has 3 heterocycles. The maximum Gasteiger partial charge on any atom is 0.325 e. The zero-order valence-corrected chi connectivity index (χ0v) is 14.8. The number of nitrogens with one attached hydrogen (secondary N) is 1. The van der Waals surface area contributed by atoms with Crippen LogP contribution in [0.1, 0.15) is 19.6 Å². The molecule has 2 aromatic rings. The molecule has 128 valence electrons. The molecule has 0 spiro atoms. The number of hydrogen-bond acceptors (Lipinski definition) is 6. The van der Waals surface area contributed by atoms with Gasteiger partial charge in [-0.25, -0.2) is 4.79 Å². The summed E-state index contributed by atoms with van der Waals surface area (Å²) < 4.78 is 7.17. The molecule has 1 aliphatic rings. The van der Waals surface area contributed by atoms with Gasteiger partial charge >= 0.3 is 6.03 Å². The van der Waals surface area contributed by atoms with Crippen molar-refractivity contribution in [2.45, 2.75) is 31.5 Å². The van der Waals surface area contributed by atoms with E-state index in [1.165, 1.54) is 16.7 Å². The van der Waals surface area contributed by atoms with Gasteiger partial charge < -0.3 is 14.3 Å². The zero-order valence-electron chi connectivity index (χ0n) is 14.0. The van der Waals surface area contributed by atoms with Crippen molar-refractivity contribution in [2.75, 3.05) is 12.3 Å². The van der Waals surface area contributed by atoms with E-state index in [4.69, 9.17) is 4.42 Å². The van der Waals surface area contributed by atoms with Gasteiger partial charge in [-0.1, -0.05) is 11.8 Å². The number of aryl methyl sites for hydroxylation is 1. The molecular formula is C15H19N5O3S. The van der Waals surface area contributed by atoms with E-state index in [9.17, 15) is 9.59 Å². The van der Waals surface area contributed by atoms with Crippen molar-refractivity contribution in [1.82, 2.24) is 25.0 Å². The lowest BCUT2D eigenvalue weighted by molar-refractivity contribution is -0.130. The van der Waals surface area contributed by atoms with Gasteiger partial charge in [-0.3, -0.25) is 9.69 Å². The molecule has 1 aliphatic heterocycles. The molecule has 0 atom stereocenters. The summed E-state index contributed by atoms with van der Waals surface area (Å²) in [5.74, 6) is 1.84. The van der Waals surface area contributed by atoms with Gasteiger partial charge in [-0.15, -0.1) is 10.2 Å². The van der Waals surface area contributed by atoms with Crippen LogP contribution in [0.25, 0.3) is 11.4 Å². The highest BCUT2D eigenvalue weighted by molar-refractivity contribution is 7.99. The van der Waals surface area contributed by atoms with Crippen molar-refractivity contribution in [3.63, 3.8) is 0 Å². The first-order valence-corrected chi connectivity index (χ1v) is 8.50. The first kappa shape index (κ1) is 16.6. The van der Waals surface area contributed by atoms with Gasteiger partial charge in [0.1, 0.15) is 11.3 Å². The summed E-state index contributed by atoms with van der Waals surface area (Å²) in [4.78, 5) is 25.2. The first-order chi connectivity index (χ1) is 11.3. The van der Waals surface area contributed by atoms with E-state index in [2.05, 4.69) is 15.5 Å². The van der Waals surface area contributed by atoms with Crippen molar-refractivity contribution in [3.8, 4) is 11.4 Å². The summed E-state index contributed by atoms with van der Waals surface area (Å²) in [7, 11) is 1.88. The highest BCUT2D eigenvalue weighted by Gasteiger charge is 2.43. The Kier molecular flexibility index (Phi) is 4.12. The first-order valence-electron chi connectivity index (χ1n) is 7.52. The fraction of sp³-hybridized carbons (Fsp3) is 0.467. The molecule has 1 saturated heterocycles. The molecule has 3 amide bonds. The van der Waals surface area contributed by atoms with Crippen molar-refractivity contribution in [1.29, 1.82) is 0 Å². The average molecular weight is 349 g/mol. The summed E-state index contributed by atoms with van der Waals surface area (Å²) in [6, 6.07) is 1.50. The molecule has 0 aliphatic carbocycles. The number of nitrogens with zero attached hydrogens (tertiary/aromatic N) is 4. The number of aromatic nitrogens is 3. The molecule has 0 unspecified atom stereocenters. The van der Waals surface area contributed by atoms with Crippen molar-refractivity contribution < 1.29 is 14.0 Å². The minimum Gasteiger partial charge on any atom is -0.469 e.